The van der Waals surface area contributed by atoms with Crippen molar-refractivity contribution in [1.82, 2.24) is 5.32 Å². The van der Waals surface area contributed by atoms with Gasteiger partial charge in [0.15, 0.2) is 11.5 Å². The van der Waals surface area contributed by atoms with Crippen LogP contribution in [0.25, 0.3) is 0 Å². The third-order valence-corrected chi connectivity index (χ3v) is 5.49. The van der Waals surface area contributed by atoms with E-state index in [4.69, 9.17) is 14.2 Å². The van der Waals surface area contributed by atoms with Gasteiger partial charge in [-0.1, -0.05) is 18.2 Å². The van der Waals surface area contributed by atoms with Crippen LogP contribution < -0.4 is 19.5 Å². The highest BCUT2D eigenvalue weighted by molar-refractivity contribution is 5.78. The number of benzene rings is 2. The summed E-state index contributed by atoms with van der Waals surface area (Å²) < 4.78 is 16.5. The van der Waals surface area contributed by atoms with E-state index in [0.717, 1.165) is 29.2 Å². The molecule has 1 aliphatic carbocycles. The van der Waals surface area contributed by atoms with Crippen molar-refractivity contribution in [3.8, 4) is 17.2 Å². The second-order valence-corrected chi connectivity index (χ2v) is 7.51. The quantitative estimate of drug-likeness (QED) is 0.757. The minimum Gasteiger partial charge on any atom is -0.497 e. The molecule has 5 heteroatoms. The van der Waals surface area contributed by atoms with Crippen molar-refractivity contribution in [2.24, 2.45) is 5.92 Å². The van der Waals surface area contributed by atoms with Crippen molar-refractivity contribution in [3.05, 3.63) is 53.6 Å². The van der Waals surface area contributed by atoms with Crippen LogP contribution in [0, 0.1) is 5.92 Å². The number of methoxy groups -OCH3 is 1. The Morgan fingerprint density at radius 1 is 1.11 bits per heavy atom. The van der Waals surface area contributed by atoms with Gasteiger partial charge in [0.05, 0.1) is 13.5 Å². The van der Waals surface area contributed by atoms with Gasteiger partial charge < -0.3 is 19.5 Å². The first-order valence-corrected chi connectivity index (χ1v) is 10.0. The molecule has 1 fully saturated rings. The molecular formula is C23H27NO4. The first-order valence-electron chi connectivity index (χ1n) is 10.0. The lowest BCUT2D eigenvalue weighted by molar-refractivity contribution is -0.120. The second-order valence-electron chi connectivity index (χ2n) is 7.51. The number of rotatable bonds is 8. The molecule has 1 unspecified atom stereocenters. The molecule has 2 aromatic rings. The first-order chi connectivity index (χ1) is 13.7. The zero-order valence-corrected chi connectivity index (χ0v) is 16.3. The fourth-order valence-corrected chi connectivity index (χ4v) is 3.82. The maximum absolute atomic E-state index is 12.3. The number of carbonyl (C=O) groups excluding carboxylic acids is 1. The highest BCUT2D eigenvalue weighted by Crippen LogP contribution is 2.46. The highest BCUT2D eigenvalue weighted by atomic mass is 16.6. The first kappa shape index (κ1) is 18.7. The van der Waals surface area contributed by atoms with E-state index in [0.29, 0.717) is 38.0 Å². The van der Waals surface area contributed by atoms with Crippen LogP contribution in [0.3, 0.4) is 0 Å². The summed E-state index contributed by atoms with van der Waals surface area (Å²) in [5, 5.41) is 3.08. The smallest absolute Gasteiger partial charge is 0.224 e. The van der Waals surface area contributed by atoms with Crippen molar-refractivity contribution in [3.63, 3.8) is 0 Å². The molecule has 1 aliphatic heterocycles. The maximum atomic E-state index is 12.3. The van der Waals surface area contributed by atoms with Crippen molar-refractivity contribution in [2.75, 3.05) is 26.9 Å². The van der Waals surface area contributed by atoms with E-state index < -0.39 is 0 Å². The fraction of sp³-hybridized carbons (Fsp3) is 0.435. The molecule has 0 aromatic heterocycles. The number of nitrogens with one attached hydrogen (secondary N) is 1. The molecule has 1 N–H and O–H groups in total. The molecule has 2 aliphatic rings. The van der Waals surface area contributed by atoms with Crippen LogP contribution in [0.2, 0.25) is 0 Å². The van der Waals surface area contributed by atoms with Gasteiger partial charge in [-0.2, -0.15) is 0 Å². The van der Waals surface area contributed by atoms with Crippen molar-refractivity contribution >= 4 is 5.91 Å². The van der Waals surface area contributed by atoms with Gasteiger partial charge in [-0.15, -0.1) is 0 Å². The summed E-state index contributed by atoms with van der Waals surface area (Å²) in [7, 11) is 1.64. The zero-order valence-electron chi connectivity index (χ0n) is 16.3. The van der Waals surface area contributed by atoms with Gasteiger partial charge in [-0.05, 0) is 66.5 Å². The molecule has 148 valence electrons. The van der Waals surface area contributed by atoms with Gasteiger partial charge in [0.25, 0.3) is 0 Å². The Morgan fingerprint density at radius 2 is 1.86 bits per heavy atom. The van der Waals surface area contributed by atoms with Crippen LogP contribution in [0.15, 0.2) is 42.5 Å². The molecule has 1 atom stereocenters. The van der Waals surface area contributed by atoms with Crippen LogP contribution in [0.1, 0.15) is 36.3 Å². The molecule has 28 heavy (non-hydrogen) atoms. The van der Waals surface area contributed by atoms with Crippen LogP contribution in [0.4, 0.5) is 0 Å². The molecule has 0 spiro atoms. The average molecular weight is 381 g/mol. The number of ether oxygens (including phenoxy) is 3. The molecule has 1 heterocycles. The minimum absolute atomic E-state index is 0.0573. The largest absolute Gasteiger partial charge is 0.497 e. The lowest BCUT2D eigenvalue weighted by Crippen LogP contribution is -2.27. The molecule has 1 amide bonds. The number of fused-ring (bicyclic) bond motifs is 1. The predicted molar refractivity (Wildman–Crippen MR) is 107 cm³/mol. The summed E-state index contributed by atoms with van der Waals surface area (Å²) in [6.45, 7) is 1.90. The van der Waals surface area contributed by atoms with Gasteiger partial charge in [-0.25, -0.2) is 0 Å². The Morgan fingerprint density at radius 3 is 2.57 bits per heavy atom. The van der Waals surface area contributed by atoms with Crippen molar-refractivity contribution in [2.45, 2.75) is 31.6 Å². The lowest BCUT2D eigenvalue weighted by atomic mass is 9.90. The van der Waals surface area contributed by atoms with E-state index in [9.17, 15) is 4.79 Å². The Kier molecular flexibility index (Phi) is 5.70. The molecule has 0 radical (unpaired) electrons. The van der Waals surface area contributed by atoms with E-state index in [1.165, 1.54) is 18.4 Å². The Bertz CT molecular complexity index is 814. The molecule has 1 saturated carbocycles. The standard InChI is InChI=1S/C23H27NO4/c1-26-19-7-2-16(3-8-19)14-23(25)24-11-10-20(17-4-5-17)18-6-9-21-22(15-18)28-13-12-27-21/h2-3,6-9,15,17,20H,4-5,10-14H2,1H3,(H,24,25). The fourth-order valence-electron chi connectivity index (χ4n) is 3.82. The Labute approximate surface area is 166 Å². The number of hydrogen-bond acceptors (Lipinski definition) is 4. The van der Waals surface area contributed by atoms with E-state index >= 15 is 0 Å². The predicted octanol–water partition coefficient (Wildman–Crippen LogP) is 3.71. The van der Waals surface area contributed by atoms with Gasteiger partial charge in [-0.3, -0.25) is 4.79 Å². The van der Waals surface area contributed by atoms with Crippen molar-refractivity contribution < 1.29 is 19.0 Å². The van der Waals surface area contributed by atoms with E-state index in [-0.39, 0.29) is 5.91 Å². The molecule has 4 rings (SSSR count). The second kappa shape index (κ2) is 8.55. The summed E-state index contributed by atoms with van der Waals surface area (Å²) in [6.07, 6.45) is 3.86. The molecule has 2 aromatic carbocycles. The topological polar surface area (TPSA) is 56.8 Å². The van der Waals surface area contributed by atoms with E-state index in [1.807, 2.05) is 30.3 Å². The molecule has 0 saturated heterocycles. The Hall–Kier alpha value is -2.69. The summed E-state index contributed by atoms with van der Waals surface area (Å²) in [5.41, 5.74) is 2.28. The van der Waals surface area contributed by atoms with Gasteiger partial charge in [0, 0.05) is 6.54 Å². The number of hydrogen-bond donors (Lipinski definition) is 1. The molecule has 0 bridgehead atoms. The molecule has 5 nitrogen and oxygen atoms in total. The third-order valence-electron chi connectivity index (χ3n) is 5.49. The third kappa shape index (κ3) is 4.58. The normalized spacial score (nSPS) is 16.3. The number of carbonyl (C=O) groups is 1. The number of amides is 1. The molecular weight excluding hydrogens is 354 g/mol. The van der Waals surface area contributed by atoms with Gasteiger partial charge >= 0.3 is 0 Å². The highest BCUT2D eigenvalue weighted by Gasteiger charge is 2.32. The van der Waals surface area contributed by atoms with E-state index in [2.05, 4.69) is 17.4 Å². The maximum Gasteiger partial charge on any atom is 0.224 e. The SMILES string of the molecule is COc1ccc(CC(=O)NCCC(c2ccc3c(c2)OCCO3)C2CC2)cc1. The summed E-state index contributed by atoms with van der Waals surface area (Å²) in [4.78, 5) is 12.3. The Balaban J connectivity index is 1.31. The average Bonchev–Trinajstić information content (AvgIpc) is 3.56. The lowest BCUT2D eigenvalue weighted by Gasteiger charge is -2.22. The van der Waals surface area contributed by atoms with Crippen LogP contribution >= 0.6 is 0 Å². The van der Waals surface area contributed by atoms with Crippen LogP contribution in [0.5, 0.6) is 17.2 Å². The van der Waals surface area contributed by atoms with Gasteiger partial charge in [0.2, 0.25) is 5.91 Å². The summed E-state index contributed by atoms with van der Waals surface area (Å²) >= 11 is 0. The van der Waals surface area contributed by atoms with E-state index in [1.54, 1.807) is 7.11 Å². The van der Waals surface area contributed by atoms with Crippen LogP contribution in [-0.2, 0) is 11.2 Å². The van der Waals surface area contributed by atoms with Crippen molar-refractivity contribution in [1.29, 1.82) is 0 Å². The summed E-state index contributed by atoms with van der Waals surface area (Å²) in [5.74, 6) is 3.70. The zero-order chi connectivity index (χ0) is 19.3. The van der Waals surface area contributed by atoms with Crippen LogP contribution in [-0.4, -0.2) is 32.8 Å². The summed E-state index contributed by atoms with van der Waals surface area (Å²) in [6, 6.07) is 13.9. The van der Waals surface area contributed by atoms with Gasteiger partial charge in [0.1, 0.15) is 19.0 Å². The monoisotopic (exact) mass is 381 g/mol. The minimum atomic E-state index is 0.0573.